The third kappa shape index (κ3) is 5.65. The molecule has 2 unspecified atom stereocenters. The molecule has 2 atom stereocenters. The van der Waals surface area contributed by atoms with E-state index in [0.717, 1.165) is 16.8 Å². The van der Waals surface area contributed by atoms with Crippen LogP contribution in [0.25, 0.3) is 0 Å². The predicted octanol–water partition coefficient (Wildman–Crippen LogP) is 5.21. The second-order valence-corrected chi connectivity index (χ2v) is 10.0. The van der Waals surface area contributed by atoms with Crippen LogP contribution in [0.1, 0.15) is 36.6 Å². The maximum atomic E-state index is 13.9. The van der Waals surface area contributed by atoms with E-state index >= 15 is 0 Å². The van der Waals surface area contributed by atoms with E-state index in [-0.39, 0.29) is 24.3 Å². The van der Waals surface area contributed by atoms with Crippen molar-refractivity contribution in [2.75, 3.05) is 19.0 Å². The molecule has 2 amide bonds. The van der Waals surface area contributed by atoms with E-state index in [4.69, 9.17) is 16.3 Å². The molecule has 188 valence electrons. The first kappa shape index (κ1) is 25.6. The van der Waals surface area contributed by atoms with Crippen LogP contribution in [0.3, 0.4) is 0 Å². The van der Waals surface area contributed by atoms with Crippen LogP contribution in [0, 0.1) is 5.92 Å². The Hall–Kier alpha value is -3.51. The Morgan fingerprint density at radius 2 is 1.72 bits per heavy atom. The second kappa shape index (κ2) is 11.0. The minimum atomic E-state index is -0.896. The molecule has 1 N–H and O–H groups in total. The van der Waals surface area contributed by atoms with E-state index in [1.165, 1.54) is 0 Å². The highest BCUT2D eigenvalue weighted by atomic mass is 35.5. The lowest BCUT2D eigenvalue weighted by atomic mass is 10.0. The van der Waals surface area contributed by atoms with Gasteiger partial charge in [0.1, 0.15) is 11.8 Å². The van der Waals surface area contributed by atoms with Crippen LogP contribution in [0.15, 0.2) is 72.8 Å². The molecule has 4 rings (SSSR count). The monoisotopic (exact) mass is 505 g/mol. The molecule has 1 heterocycles. The number of carbonyl (C=O) groups is 2. The Bertz CT molecular complexity index is 1210. The molecule has 0 aromatic heterocycles. The van der Waals surface area contributed by atoms with Gasteiger partial charge in [-0.3, -0.25) is 9.59 Å². The van der Waals surface area contributed by atoms with Crippen LogP contribution in [-0.4, -0.2) is 36.9 Å². The van der Waals surface area contributed by atoms with Gasteiger partial charge < -0.3 is 19.9 Å². The molecule has 1 aliphatic rings. The van der Waals surface area contributed by atoms with Crippen LogP contribution >= 0.6 is 11.6 Å². The molecule has 0 saturated heterocycles. The Labute approximate surface area is 217 Å². The van der Waals surface area contributed by atoms with E-state index < -0.39 is 12.1 Å². The van der Waals surface area contributed by atoms with E-state index in [9.17, 15) is 9.59 Å². The SMILES string of the molecule is CC(C)C1Oc2ccc(Cl)cc2C(C(=O)NCc2ccccc2)N(Cc2ccc(N(C)C)cc2)C1=O. The summed E-state index contributed by atoms with van der Waals surface area (Å²) in [7, 11) is 3.96. The summed E-state index contributed by atoms with van der Waals surface area (Å²) < 4.78 is 6.21. The fourth-order valence-electron chi connectivity index (χ4n) is 4.34. The molecular weight excluding hydrogens is 474 g/mol. The number of benzene rings is 3. The van der Waals surface area contributed by atoms with E-state index in [0.29, 0.717) is 22.9 Å². The molecule has 36 heavy (non-hydrogen) atoms. The van der Waals surface area contributed by atoms with Gasteiger partial charge in [0, 0.05) is 43.5 Å². The molecule has 0 saturated carbocycles. The Kier molecular flexibility index (Phi) is 7.85. The summed E-state index contributed by atoms with van der Waals surface area (Å²) in [6, 6.07) is 21.9. The van der Waals surface area contributed by atoms with Crippen molar-refractivity contribution in [3.05, 3.63) is 94.5 Å². The smallest absolute Gasteiger partial charge is 0.265 e. The zero-order valence-electron chi connectivity index (χ0n) is 21.1. The average molecular weight is 506 g/mol. The van der Waals surface area contributed by atoms with Gasteiger partial charge in [-0.25, -0.2) is 0 Å². The maximum absolute atomic E-state index is 13.9. The molecule has 1 aliphatic heterocycles. The van der Waals surface area contributed by atoms with E-state index in [1.54, 1.807) is 23.1 Å². The Morgan fingerprint density at radius 3 is 2.36 bits per heavy atom. The van der Waals surface area contributed by atoms with E-state index in [2.05, 4.69) is 5.32 Å². The number of hydrogen-bond donors (Lipinski definition) is 1. The van der Waals surface area contributed by atoms with Gasteiger partial charge >= 0.3 is 0 Å². The van der Waals surface area contributed by atoms with Gasteiger partial charge in [-0.15, -0.1) is 0 Å². The normalized spacial score (nSPS) is 17.3. The second-order valence-electron chi connectivity index (χ2n) is 9.60. The summed E-state index contributed by atoms with van der Waals surface area (Å²) >= 11 is 6.37. The highest BCUT2D eigenvalue weighted by Gasteiger charge is 2.42. The van der Waals surface area contributed by atoms with Crippen molar-refractivity contribution >= 4 is 29.1 Å². The van der Waals surface area contributed by atoms with Gasteiger partial charge in [-0.1, -0.05) is 67.9 Å². The quantitative estimate of drug-likeness (QED) is 0.479. The van der Waals surface area contributed by atoms with Gasteiger partial charge in [-0.05, 0) is 47.4 Å². The summed E-state index contributed by atoms with van der Waals surface area (Å²) in [6.45, 7) is 4.49. The number of nitrogens with zero attached hydrogens (tertiary/aromatic N) is 2. The summed E-state index contributed by atoms with van der Waals surface area (Å²) in [6.07, 6.45) is -0.724. The van der Waals surface area contributed by atoms with Crippen LogP contribution < -0.4 is 15.0 Å². The predicted molar refractivity (Wildman–Crippen MR) is 143 cm³/mol. The summed E-state index contributed by atoms with van der Waals surface area (Å²) in [5.41, 5.74) is 3.52. The van der Waals surface area contributed by atoms with Crippen molar-refractivity contribution < 1.29 is 14.3 Å². The number of hydrogen-bond acceptors (Lipinski definition) is 4. The number of fused-ring (bicyclic) bond motifs is 1. The van der Waals surface area contributed by atoms with Gasteiger partial charge in [0.15, 0.2) is 6.10 Å². The van der Waals surface area contributed by atoms with Gasteiger partial charge in [0.05, 0.1) is 0 Å². The number of carbonyl (C=O) groups excluding carboxylic acids is 2. The lowest BCUT2D eigenvalue weighted by Gasteiger charge is -2.31. The number of halogens is 1. The van der Waals surface area contributed by atoms with E-state index in [1.807, 2.05) is 87.4 Å². The van der Waals surface area contributed by atoms with Crippen molar-refractivity contribution in [3.8, 4) is 5.75 Å². The number of amides is 2. The molecule has 0 aliphatic carbocycles. The lowest BCUT2D eigenvalue weighted by Crippen LogP contribution is -2.47. The van der Waals surface area contributed by atoms with Crippen molar-refractivity contribution in [3.63, 3.8) is 0 Å². The fourth-order valence-corrected chi connectivity index (χ4v) is 4.52. The molecule has 0 spiro atoms. The van der Waals surface area contributed by atoms with Crippen LogP contribution in [0.2, 0.25) is 5.02 Å². The van der Waals surface area contributed by atoms with Crippen molar-refractivity contribution in [2.24, 2.45) is 5.92 Å². The highest BCUT2D eigenvalue weighted by molar-refractivity contribution is 6.30. The van der Waals surface area contributed by atoms with Gasteiger partial charge in [0.2, 0.25) is 5.91 Å². The molecule has 7 heteroatoms. The first-order chi connectivity index (χ1) is 17.2. The minimum Gasteiger partial charge on any atom is -0.480 e. The van der Waals surface area contributed by atoms with Crippen molar-refractivity contribution in [2.45, 2.75) is 39.1 Å². The van der Waals surface area contributed by atoms with Gasteiger partial charge in [0.25, 0.3) is 5.91 Å². The zero-order valence-corrected chi connectivity index (χ0v) is 21.8. The lowest BCUT2D eigenvalue weighted by molar-refractivity contribution is -0.147. The van der Waals surface area contributed by atoms with Crippen LogP contribution in [0.4, 0.5) is 5.69 Å². The maximum Gasteiger partial charge on any atom is 0.265 e. The molecule has 0 radical (unpaired) electrons. The van der Waals surface area contributed by atoms with Crippen molar-refractivity contribution in [1.29, 1.82) is 0 Å². The van der Waals surface area contributed by atoms with Gasteiger partial charge in [-0.2, -0.15) is 0 Å². The number of ether oxygens (including phenoxy) is 1. The molecular formula is C29H32ClN3O3. The van der Waals surface area contributed by atoms with Crippen LogP contribution in [-0.2, 0) is 22.7 Å². The summed E-state index contributed by atoms with van der Waals surface area (Å²) in [4.78, 5) is 31.3. The largest absolute Gasteiger partial charge is 0.480 e. The fraction of sp³-hybridized carbons (Fsp3) is 0.310. The Balaban J connectivity index is 1.74. The molecule has 6 nitrogen and oxygen atoms in total. The number of anilines is 1. The number of nitrogens with one attached hydrogen (secondary N) is 1. The highest BCUT2D eigenvalue weighted by Crippen LogP contribution is 2.38. The molecule has 3 aromatic carbocycles. The average Bonchev–Trinajstić information content (AvgIpc) is 2.98. The Morgan fingerprint density at radius 1 is 1.03 bits per heavy atom. The first-order valence-electron chi connectivity index (χ1n) is 12.1. The topological polar surface area (TPSA) is 61.9 Å². The minimum absolute atomic E-state index is 0.0919. The zero-order chi connectivity index (χ0) is 25.8. The third-order valence-corrected chi connectivity index (χ3v) is 6.56. The van der Waals surface area contributed by atoms with Crippen LogP contribution in [0.5, 0.6) is 5.75 Å². The first-order valence-corrected chi connectivity index (χ1v) is 12.5. The molecule has 0 fully saturated rings. The van der Waals surface area contributed by atoms with Crippen molar-refractivity contribution in [1.82, 2.24) is 10.2 Å². The molecule has 0 bridgehead atoms. The summed E-state index contributed by atoms with van der Waals surface area (Å²) in [5, 5.41) is 3.50. The third-order valence-electron chi connectivity index (χ3n) is 6.33. The molecule has 3 aromatic rings. The standard InChI is InChI=1S/C29H32ClN3O3/c1-19(2)27-29(35)33(18-21-10-13-23(14-11-21)32(3)4)26(24-16-22(30)12-15-25(24)36-27)28(34)31-17-20-8-6-5-7-9-20/h5-16,19,26-27H,17-18H2,1-4H3,(H,31,34). The summed E-state index contributed by atoms with van der Waals surface area (Å²) in [5.74, 6) is -0.106. The number of rotatable bonds is 7.